The average Bonchev–Trinajstić information content (AvgIpc) is 2.61. The van der Waals surface area contributed by atoms with E-state index in [-0.39, 0.29) is 0 Å². The summed E-state index contributed by atoms with van der Waals surface area (Å²) < 4.78 is 5.77. The second-order valence-corrected chi connectivity index (χ2v) is 6.93. The Hall–Kier alpha value is -1.71. The molecular formula is C20H22Cl2O3. The van der Waals surface area contributed by atoms with E-state index in [0.29, 0.717) is 13.0 Å². The van der Waals surface area contributed by atoms with Gasteiger partial charge >= 0.3 is 5.97 Å². The number of carboxylic acids is 1. The maximum Gasteiger partial charge on any atom is 0.321 e. The van der Waals surface area contributed by atoms with Crippen molar-refractivity contribution in [3.8, 4) is 5.75 Å². The monoisotopic (exact) mass is 380 g/mol. The molecule has 1 atom stereocenters. The van der Waals surface area contributed by atoms with Crippen LogP contribution in [0.15, 0.2) is 48.5 Å². The lowest BCUT2D eigenvalue weighted by Gasteiger charge is -2.08. The Bertz CT molecular complexity index is 654. The van der Waals surface area contributed by atoms with Crippen molar-refractivity contribution in [3.63, 3.8) is 0 Å². The van der Waals surface area contributed by atoms with Gasteiger partial charge in [-0.3, -0.25) is 4.79 Å². The fourth-order valence-electron chi connectivity index (χ4n) is 2.45. The number of aliphatic carboxylic acids is 1. The van der Waals surface area contributed by atoms with Crippen molar-refractivity contribution in [1.82, 2.24) is 0 Å². The fraction of sp³-hybridized carbons (Fsp3) is 0.350. The van der Waals surface area contributed by atoms with Crippen LogP contribution in [0.25, 0.3) is 0 Å². The van der Waals surface area contributed by atoms with Gasteiger partial charge in [0.2, 0.25) is 0 Å². The zero-order chi connectivity index (χ0) is 18.1. The number of aryl methyl sites for hydroxylation is 1. The first kappa shape index (κ1) is 19.6. The molecule has 0 spiro atoms. The number of hydrogen-bond acceptors (Lipinski definition) is 2. The van der Waals surface area contributed by atoms with Crippen molar-refractivity contribution < 1.29 is 14.6 Å². The van der Waals surface area contributed by atoms with Gasteiger partial charge in [-0.15, -0.1) is 11.6 Å². The largest absolute Gasteiger partial charge is 0.489 e. The smallest absolute Gasteiger partial charge is 0.321 e. The summed E-state index contributed by atoms with van der Waals surface area (Å²) in [5, 5.41) is 8.67. The van der Waals surface area contributed by atoms with Crippen LogP contribution in [0.4, 0.5) is 0 Å². The van der Waals surface area contributed by atoms with Gasteiger partial charge in [0.15, 0.2) is 0 Å². The van der Waals surface area contributed by atoms with Gasteiger partial charge in [-0.2, -0.15) is 0 Å². The van der Waals surface area contributed by atoms with Gasteiger partial charge in [-0.25, -0.2) is 0 Å². The number of ether oxygens (including phenoxy) is 1. The molecule has 0 fully saturated rings. The van der Waals surface area contributed by atoms with Crippen molar-refractivity contribution in [3.05, 3.63) is 64.7 Å². The summed E-state index contributed by atoms with van der Waals surface area (Å²) in [6.45, 7) is 0.514. The van der Waals surface area contributed by atoms with Crippen molar-refractivity contribution in [2.75, 3.05) is 0 Å². The van der Waals surface area contributed by atoms with Crippen molar-refractivity contribution in [1.29, 1.82) is 0 Å². The molecule has 0 amide bonds. The highest BCUT2D eigenvalue weighted by Crippen LogP contribution is 2.17. The molecule has 2 aromatic carbocycles. The summed E-state index contributed by atoms with van der Waals surface area (Å²) in [7, 11) is 0. The van der Waals surface area contributed by atoms with Crippen LogP contribution < -0.4 is 4.74 Å². The molecule has 2 rings (SSSR count). The normalized spacial score (nSPS) is 11.9. The van der Waals surface area contributed by atoms with Gasteiger partial charge in [-0.05, 0) is 54.7 Å². The molecule has 3 nitrogen and oxygen atoms in total. The molecular weight excluding hydrogens is 359 g/mol. The summed E-state index contributed by atoms with van der Waals surface area (Å²) in [4.78, 5) is 10.6. The quantitative estimate of drug-likeness (QED) is 0.423. The molecule has 5 heteroatoms. The van der Waals surface area contributed by atoms with E-state index in [1.165, 1.54) is 5.56 Å². The van der Waals surface area contributed by atoms with Crippen LogP contribution in [0.3, 0.4) is 0 Å². The molecule has 0 radical (unpaired) electrons. The Balaban J connectivity index is 1.67. The number of carbonyl (C=O) groups is 1. The first-order chi connectivity index (χ1) is 12.0. The van der Waals surface area contributed by atoms with E-state index in [0.717, 1.165) is 42.0 Å². The predicted octanol–water partition coefficient (Wildman–Crippen LogP) is 5.71. The molecule has 0 aliphatic rings. The van der Waals surface area contributed by atoms with Gasteiger partial charge in [0.25, 0.3) is 0 Å². The highest BCUT2D eigenvalue weighted by Gasteiger charge is 2.12. The third-order valence-electron chi connectivity index (χ3n) is 3.93. The molecule has 0 saturated carbocycles. The Morgan fingerprint density at radius 1 is 0.960 bits per heavy atom. The number of hydrogen-bond donors (Lipinski definition) is 1. The van der Waals surface area contributed by atoms with E-state index >= 15 is 0 Å². The number of carboxylic acid groups (broad SMARTS) is 1. The SMILES string of the molecule is O=C(O)C(Cl)CCCCCc1ccc(OCc2ccc(Cl)cc2)cc1. The molecule has 0 aliphatic carbocycles. The van der Waals surface area contributed by atoms with Crippen LogP contribution in [0.5, 0.6) is 5.75 Å². The van der Waals surface area contributed by atoms with Crippen LogP contribution in [0.2, 0.25) is 5.02 Å². The van der Waals surface area contributed by atoms with Crippen molar-refractivity contribution >= 4 is 29.2 Å². The Labute approximate surface area is 158 Å². The third-order valence-corrected chi connectivity index (χ3v) is 4.59. The van der Waals surface area contributed by atoms with Crippen LogP contribution in [-0.4, -0.2) is 16.5 Å². The minimum Gasteiger partial charge on any atom is -0.489 e. The zero-order valence-corrected chi connectivity index (χ0v) is 15.5. The van der Waals surface area contributed by atoms with Crippen LogP contribution in [-0.2, 0) is 17.8 Å². The summed E-state index contributed by atoms with van der Waals surface area (Å²) in [6, 6.07) is 15.7. The molecule has 2 aromatic rings. The van der Waals surface area contributed by atoms with E-state index in [4.69, 9.17) is 33.0 Å². The number of benzene rings is 2. The molecule has 1 unspecified atom stereocenters. The molecule has 0 saturated heterocycles. The lowest BCUT2D eigenvalue weighted by molar-refractivity contribution is -0.136. The zero-order valence-electron chi connectivity index (χ0n) is 14.0. The number of unbranched alkanes of at least 4 members (excludes halogenated alkanes) is 2. The van der Waals surface area contributed by atoms with Crippen molar-refractivity contribution in [2.24, 2.45) is 0 Å². The summed E-state index contributed by atoms with van der Waals surface area (Å²) in [5.74, 6) is -0.0963. The number of halogens is 2. The maximum absolute atomic E-state index is 10.6. The van der Waals surface area contributed by atoms with E-state index < -0.39 is 11.3 Å². The Morgan fingerprint density at radius 3 is 2.24 bits per heavy atom. The molecule has 134 valence electrons. The minimum atomic E-state index is -0.934. The van der Waals surface area contributed by atoms with Crippen LogP contribution in [0.1, 0.15) is 36.8 Å². The molecule has 25 heavy (non-hydrogen) atoms. The van der Waals surface area contributed by atoms with Gasteiger partial charge in [0, 0.05) is 5.02 Å². The summed E-state index contributed by atoms with van der Waals surface area (Å²) in [6.07, 6.45) is 4.33. The minimum absolute atomic E-state index is 0.514. The van der Waals surface area contributed by atoms with Crippen LogP contribution >= 0.6 is 23.2 Å². The maximum atomic E-state index is 10.6. The first-order valence-corrected chi connectivity index (χ1v) is 9.19. The van der Waals surface area contributed by atoms with E-state index in [1.54, 1.807) is 0 Å². The Morgan fingerprint density at radius 2 is 1.60 bits per heavy atom. The third kappa shape index (κ3) is 7.37. The van der Waals surface area contributed by atoms with Gasteiger partial charge in [0.05, 0.1) is 0 Å². The van der Waals surface area contributed by atoms with Gasteiger partial charge < -0.3 is 9.84 Å². The second-order valence-electron chi connectivity index (χ2n) is 5.96. The van der Waals surface area contributed by atoms with E-state index in [9.17, 15) is 4.79 Å². The van der Waals surface area contributed by atoms with Crippen LogP contribution in [0, 0.1) is 0 Å². The lowest BCUT2D eigenvalue weighted by Crippen LogP contribution is -2.12. The average molecular weight is 381 g/mol. The first-order valence-electron chi connectivity index (χ1n) is 8.37. The summed E-state index contributed by atoms with van der Waals surface area (Å²) in [5.41, 5.74) is 2.33. The molecule has 0 aliphatic heterocycles. The molecule has 0 heterocycles. The lowest BCUT2D eigenvalue weighted by atomic mass is 10.1. The Kier molecular flexibility index (Phi) is 8.10. The van der Waals surface area contributed by atoms with E-state index in [2.05, 4.69) is 12.1 Å². The van der Waals surface area contributed by atoms with E-state index in [1.807, 2.05) is 36.4 Å². The second kappa shape index (κ2) is 10.3. The standard InChI is InChI=1S/C20H22Cl2O3/c21-17-10-6-16(7-11-17)14-25-18-12-8-15(9-13-18)4-2-1-3-5-19(22)20(23)24/h6-13,19H,1-5,14H2,(H,23,24). The predicted molar refractivity (Wildman–Crippen MR) is 102 cm³/mol. The number of alkyl halides is 1. The topological polar surface area (TPSA) is 46.5 Å². The number of rotatable bonds is 10. The van der Waals surface area contributed by atoms with Gasteiger partial charge in [-0.1, -0.05) is 48.7 Å². The fourth-order valence-corrected chi connectivity index (χ4v) is 2.73. The van der Waals surface area contributed by atoms with Gasteiger partial charge in [0.1, 0.15) is 17.7 Å². The van der Waals surface area contributed by atoms with Crippen molar-refractivity contribution in [2.45, 2.75) is 44.1 Å². The molecule has 0 aromatic heterocycles. The summed E-state index contributed by atoms with van der Waals surface area (Å²) >= 11 is 11.6. The highest BCUT2D eigenvalue weighted by atomic mass is 35.5. The highest BCUT2D eigenvalue weighted by molar-refractivity contribution is 6.30. The molecule has 0 bridgehead atoms. The molecule has 1 N–H and O–H groups in total.